The second-order valence-corrected chi connectivity index (χ2v) is 2.85. The summed E-state index contributed by atoms with van der Waals surface area (Å²) in [4.78, 5) is 10.8. The van der Waals surface area contributed by atoms with Crippen molar-refractivity contribution in [2.45, 2.75) is 18.8 Å². The number of methoxy groups -OCH3 is 1. The Morgan fingerprint density at radius 2 is 2.38 bits per heavy atom. The number of ether oxygens (including phenoxy) is 2. The summed E-state index contributed by atoms with van der Waals surface area (Å²) in [5.41, 5.74) is 0.332. The Hall–Kier alpha value is -0.910. The lowest BCUT2D eigenvalue weighted by molar-refractivity contribution is -0.227. The molecule has 0 amide bonds. The van der Waals surface area contributed by atoms with Crippen molar-refractivity contribution in [3.8, 4) is 0 Å². The van der Waals surface area contributed by atoms with E-state index in [1.54, 1.807) is 0 Å². The van der Waals surface area contributed by atoms with E-state index in [4.69, 9.17) is 9.84 Å². The van der Waals surface area contributed by atoms with Crippen LogP contribution in [0.4, 0.5) is 0 Å². The topological polar surface area (TPSA) is 76.0 Å². The highest BCUT2D eigenvalue weighted by Gasteiger charge is 2.46. The van der Waals surface area contributed by atoms with E-state index < -0.39 is 24.5 Å². The predicted octanol–water partition coefficient (Wildman–Crippen LogP) is -0.815. The highest BCUT2D eigenvalue weighted by atomic mass is 16.7. The largest absolute Gasteiger partial charge is 0.423 e. The Bertz CT molecular complexity index is 243. The van der Waals surface area contributed by atoms with Crippen LogP contribution in [-0.4, -0.2) is 41.8 Å². The minimum absolute atomic E-state index is 0.332. The van der Waals surface area contributed by atoms with Gasteiger partial charge in [-0.05, 0) is 6.92 Å². The molecule has 0 aromatic rings. The zero-order valence-electron chi connectivity index (χ0n) is 7.48. The summed E-state index contributed by atoms with van der Waals surface area (Å²) in [6.45, 7) is 1.11. The van der Waals surface area contributed by atoms with E-state index in [-0.39, 0.29) is 0 Å². The molecule has 0 aromatic carbocycles. The van der Waals surface area contributed by atoms with Gasteiger partial charge in [0.1, 0.15) is 6.10 Å². The molecule has 0 saturated heterocycles. The molecular formula is C8H12O5. The number of hydrogen-bond donors (Lipinski definition) is 2. The zero-order chi connectivity index (χ0) is 10.1. The third-order valence-electron chi connectivity index (χ3n) is 2.04. The Balaban J connectivity index is 2.88. The van der Waals surface area contributed by atoms with Gasteiger partial charge in [0, 0.05) is 18.8 Å². The molecule has 2 N–H and O–H groups in total. The Morgan fingerprint density at radius 3 is 2.69 bits per heavy atom. The summed E-state index contributed by atoms with van der Waals surface area (Å²) in [7, 11) is 1.32. The molecule has 1 rings (SSSR count). The summed E-state index contributed by atoms with van der Waals surface area (Å²) in [5.74, 6) is -2.45. The summed E-state index contributed by atoms with van der Waals surface area (Å²) >= 11 is 0. The number of rotatable bonds is 3. The van der Waals surface area contributed by atoms with E-state index in [2.05, 4.69) is 4.74 Å². The fraction of sp³-hybridized carbons (Fsp3) is 0.625. The quantitative estimate of drug-likeness (QED) is 0.566. The zero-order valence-corrected chi connectivity index (χ0v) is 7.48. The summed E-state index contributed by atoms with van der Waals surface area (Å²) in [6, 6.07) is 0. The van der Waals surface area contributed by atoms with Crippen LogP contribution in [0.15, 0.2) is 11.6 Å². The number of carbonyl (C=O) groups is 1. The summed E-state index contributed by atoms with van der Waals surface area (Å²) < 4.78 is 9.43. The molecule has 5 nitrogen and oxygen atoms in total. The average molecular weight is 188 g/mol. The number of hydrogen-bond acceptors (Lipinski definition) is 5. The molecule has 0 bridgehead atoms. The SMILES string of the molecule is CO[C@H](CO)[C@]1(O)OC(=O)C=C1C. The van der Waals surface area contributed by atoms with E-state index in [1.807, 2.05) is 0 Å². The molecule has 5 heteroatoms. The number of carbonyl (C=O) groups excluding carboxylic acids is 1. The first kappa shape index (κ1) is 10.2. The maximum atomic E-state index is 10.8. The third-order valence-corrected chi connectivity index (χ3v) is 2.04. The lowest BCUT2D eigenvalue weighted by Crippen LogP contribution is -2.47. The lowest BCUT2D eigenvalue weighted by Gasteiger charge is -2.29. The summed E-state index contributed by atoms with van der Waals surface area (Å²) in [5, 5.41) is 18.6. The van der Waals surface area contributed by atoms with Gasteiger partial charge in [0.2, 0.25) is 0 Å². The Labute approximate surface area is 75.6 Å². The molecule has 2 atom stereocenters. The van der Waals surface area contributed by atoms with Crippen LogP contribution in [0.5, 0.6) is 0 Å². The minimum Gasteiger partial charge on any atom is -0.423 e. The van der Waals surface area contributed by atoms with Crippen molar-refractivity contribution in [3.63, 3.8) is 0 Å². The minimum atomic E-state index is -1.82. The fourth-order valence-electron chi connectivity index (χ4n) is 1.22. The van der Waals surface area contributed by atoms with Crippen LogP contribution >= 0.6 is 0 Å². The van der Waals surface area contributed by atoms with Gasteiger partial charge >= 0.3 is 5.97 Å². The van der Waals surface area contributed by atoms with Crippen LogP contribution in [0.25, 0.3) is 0 Å². The number of esters is 1. The molecule has 0 unspecified atom stereocenters. The standard InChI is InChI=1S/C8H12O5/c1-5-3-7(10)13-8(5,11)6(4-9)12-2/h3,6,9,11H,4H2,1-2H3/t6-,8-/m1/s1. The van der Waals surface area contributed by atoms with Crippen LogP contribution in [0.3, 0.4) is 0 Å². The van der Waals surface area contributed by atoms with Gasteiger partial charge in [-0.3, -0.25) is 0 Å². The molecule has 1 aliphatic heterocycles. The Kier molecular flexibility index (Phi) is 2.70. The van der Waals surface area contributed by atoms with E-state index in [0.717, 1.165) is 0 Å². The highest BCUT2D eigenvalue weighted by molar-refractivity contribution is 5.86. The van der Waals surface area contributed by atoms with Crippen LogP contribution in [0, 0.1) is 0 Å². The van der Waals surface area contributed by atoms with Crippen molar-refractivity contribution in [2.75, 3.05) is 13.7 Å². The second-order valence-electron chi connectivity index (χ2n) is 2.85. The van der Waals surface area contributed by atoms with E-state index in [9.17, 15) is 9.90 Å². The van der Waals surface area contributed by atoms with Gasteiger partial charge in [0.25, 0.3) is 5.79 Å². The number of aliphatic hydroxyl groups is 2. The van der Waals surface area contributed by atoms with Crippen molar-refractivity contribution in [1.82, 2.24) is 0 Å². The molecular weight excluding hydrogens is 176 g/mol. The van der Waals surface area contributed by atoms with Gasteiger partial charge in [0.15, 0.2) is 0 Å². The van der Waals surface area contributed by atoms with E-state index in [1.165, 1.54) is 20.1 Å². The predicted molar refractivity (Wildman–Crippen MR) is 42.7 cm³/mol. The van der Waals surface area contributed by atoms with Crippen molar-refractivity contribution in [3.05, 3.63) is 11.6 Å². The lowest BCUT2D eigenvalue weighted by atomic mass is 10.0. The Morgan fingerprint density at radius 1 is 1.77 bits per heavy atom. The highest BCUT2D eigenvalue weighted by Crippen LogP contribution is 2.29. The molecule has 0 aliphatic carbocycles. The van der Waals surface area contributed by atoms with Gasteiger partial charge in [-0.2, -0.15) is 0 Å². The fourth-order valence-corrected chi connectivity index (χ4v) is 1.22. The molecule has 74 valence electrons. The van der Waals surface area contributed by atoms with E-state index in [0.29, 0.717) is 5.57 Å². The van der Waals surface area contributed by atoms with Gasteiger partial charge in [-0.1, -0.05) is 0 Å². The normalized spacial score (nSPS) is 29.8. The van der Waals surface area contributed by atoms with Gasteiger partial charge in [-0.15, -0.1) is 0 Å². The third kappa shape index (κ3) is 1.58. The molecule has 0 spiro atoms. The second kappa shape index (κ2) is 3.45. The molecule has 0 fully saturated rings. The first-order valence-electron chi connectivity index (χ1n) is 3.82. The summed E-state index contributed by atoms with van der Waals surface area (Å²) in [6.07, 6.45) is 0.219. The molecule has 0 aromatic heterocycles. The van der Waals surface area contributed by atoms with Gasteiger partial charge < -0.3 is 19.7 Å². The van der Waals surface area contributed by atoms with Gasteiger partial charge in [0.05, 0.1) is 6.61 Å². The smallest absolute Gasteiger partial charge is 0.333 e. The molecule has 0 radical (unpaired) electrons. The van der Waals surface area contributed by atoms with Gasteiger partial charge in [-0.25, -0.2) is 4.79 Å². The maximum absolute atomic E-state index is 10.8. The van der Waals surface area contributed by atoms with Crippen LogP contribution in [-0.2, 0) is 14.3 Å². The molecule has 0 saturated carbocycles. The first-order valence-corrected chi connectivity index (χ1v) is 3.82. The average Bonchev–Trinajstić information content (AvgIpc) is 2.29. The molecule has 1 heterocycles. The number of aliphatic hydroxyl groups excluding tert-OH is 1. The first-order chi connectivity index (χ1) is 6.04. The van der Waals surface area contributed by atoms with Crippen molar-refractivity contribution < 1.29 is 24.5 Å². The van der Waals surface area contributed by atoms with Crippen molar-refractivity contribution in [2.24, 2.45) is 0 Å². The molecule has 1 aliphatic rings. The van der Waals surface area contributed by atoms with E-state index >= 15 is 0 Å². The van der Waals surface area contributed by atoms with Crippen molar-refractivity contribution in [1.29, 1.82) is 0 Å². The number of cyclic esters (lactones) is 1. The monoisotopic (exact) mass is 188 g/mol. The maximum Gasteiger partial charge on any atom is 0.333 e. The van der Waals surface area contributed by atoms with Crippen molar-refractivity contribution >= 4 is 5.97 Å². The van der Waals surface area contributed by atoms with Crippen LogP contribution in [0.2, 0.25) is 0 Å². The van der Waals surface area contributed by atoms with Crippen LogP contribution in [0.1, 0.15) is 6.92 Å². The molecule has 13 heavy (non-hydrogen) atoms. The van der Waals surface area contributed by atoms with Crippen LogP contribution < -0.4 is 0 Å².